The number of carbonyl (C=O) groups is 1. The van der Waals surface area contributed by atoms with Crippen LogP contribution in [0.15, 0.2) is 66.7 Å². The highest BCUT2D eigenvalue weighted by Gasteiger charge is 2.24. The number of hydrogen-bond acceptors (Lipinski definition) is 2. The van der Waals surface area contributed by atoms with Crippen LogP contribution in [0.2, 0.25) is 0 Å². The maximum absolute atomic E-state index is 12.8. The fraction of sp³-hybridized carbons (Fsp3) is 0.292. The first-order valence-electron chi connectivity index (χ1n) is 9.92. The molecular weight excluding hydrogens is 348 g/mol. The predicted octanol–water partition coefficient (Wildman–Crippen LogP) is 2.53. The van der Waals surface area contributed by atoms with Crippen molar-refractivity contribution in [2.24, 2.45) is 0 Å². The minimum absolute atomic E-state index is 0.133. The second-order valence-corrected chi connectivity index (χ2v) is 7.49. The molecule has 1 amide bonds. The predicted molar refractivity (Wildman–Crippen MR) is 111 cm³/mol. The Kier molecular flexibility index (Phi) is 5.70. The highest BCUT2D eigenvalue weighted by atomic mass is 16.5. The lowest BCUT2D eigenvalue weighted by atomic mass is 10.0. The van der Waals surface area contributed by atoms with E-state index in [2.05, 4.69) is 42.5 Å². The van der Waals surface area contributed by atoms with Gasteiger partial charge in [-0.15, -0.1) is 0 Å². The molecule has 1 aliphatic rings. The molecule has 0 bridgehead atoms. The van der Waals surface area contributed by atoms with Gasteiger partial charge in [0, 0.05) is 18.2 Å². The van der Waals surface area contributed by atoms with E-state index in [1.54, 1.807) is 7.11 Å². The summed E-state index contributed by atoms with van der Waals surface area (Å²) < 4.78 is 5.13. The van der Waals surface area contributed by atoms with Crippen molar-refractivity contribution >= 4 is 16.7 Å². The first-order chi connectivity index (χ1) is 13.7. The van der Waals surface area contributed by atoms with Gasteiger partial charge < -0.3 is 14.5 Å². The third kappa shape index (κ3) is 4.08. The average Bonchev–Trinajstić information content (AvgIpc) is 2.75. The number of nitrogens with one attached hydrogen (secondary N) is 1. The monoisotopic (exact) mass is 375 g/mol. The summed E-state index contributed by atoms with van der Waals surface area (Å²) in [4.78, 5) is 16.3. The van der Waals surface area contributed by atoms with Gasteiger partial charge in [0.05, 0.1) is 32.8 Å². The maximum Gasteiger partial charge on any atom is 0.254 e. The smallest absolute Gasteiger partial charge is 0.254 e. The molecule has 1 N–H and O–H groups in total. The molecule has 0 saturated carbocycles. The SMILES string of the molecule is COCc1ccc(C(=O)N2CC[NH+](Cc3cccc4ccccc34)CC2)cc1. The van der Waals surface area contributed by atoms with Crippen molar-refractivity contribution < 1.29 is 14.4 Å². The van der Waals surface area contributed by atoms with Crippen LogP contribution in [-0.4, -0.2) is 44.1 Å². The Hall–Kier alpha value is -2.69. The van der Waals surface area contributed by atoms with Crippen LogP contribution in [0.4, 0.5) is 0 Å². The Balaban J connectivity index is 1.37. The standard InChI is InChI=1S/C24H26N2O2/c1-28-18-19-9-11-21(12-10-19)24(27)26-15-13-25(14-16-26)17-22-7-4-6-20-5-2-3-8-23(20)22/h2-12H,13-18H2,1H3/p+1. The molecule has 1 fully saturated rings. The van der Waals surface area contributed by atoms with Crippen LogP contribution in [-0.2, 0) is 17.9 Å². The van der Waals surface area contributed by atoms with Crippen molar-refractivity contribution in [3.8, 4) is 0 Å². The van der Waals surface area contributed by atoms with E-state index in [9.17, 15) is 4.79 Å². The zero-order valence-electron chi connectivity index (χ0n) is 16.4. The molecule has 0 unspecified atom stereocenters. The number of hydrogen-bond donors (Lipinski definition) is 1. The molecule has 1 heterocycles. The molecule has 4 rings (SSSR count). The van der Waals surface area contributed by atoms with E-state index in [4.69, 9.17) is 4.74 Å². The molecule has 1 saturated heterocycles. The maximum atomic E-state index is 12.8. The van der Waals surface area contributed by atoms with Gasteiger partial charge in [0.25, 0.3) is 5.91 Å². The molecule has 0 radical (unpaired) electrons. The quantitative estimate of drug-likeness (QED) is 0.744. The van der Waals surface area contributed by atoms with E-state index in [0.29, 0.717) is 6.61 Å². The molecule has 0 spiro atoms. The van der Waals surface area contributed by atoms with Gasteiger partial charge in [-0.05, 0) is 28.5 Å². The molecule has 144 valence electrons. The molecule has 1 aliphatic heterocycles. The number of benzene rings is 3. The Morgan fingerprint density at radius 3 is 2.43 bits per heavy atom. The number of carbonyl (C=O) groups excluding carboxylic acids is 1. The summed E-state index contributed by atoms with van der Waals surface area (Å²) in [6.45, 7) is 5.16. The van der Waals surface area contributed by atoms with Crippen molar-refractivity contribution in [1.82, 2.24) is 4.90 Å². The van der Waals surface area contributed by atoms with Crippen molar-refractivity contribution in [2.45, 2.75) is 13.2 Å². The van der Waals surface area contributed by atoms with E-state index in [-0.39, 0.29) is 5.91 Å². The first kappa shape index (κ1) is 18.7. The number of ether oxygens (including phenoxy) is 1. The number of piperazine rings is 1. The van der Waals surface area contributed by atoms with Crippen molar-refractivity contribution in [3.63, 3.8) is 0 Å². The van der Waals surface area contributed by atoms with Crippen LogP contribution < -0.4 is 4.90 Å². The molecule has 0 aliphatic carbocycles. The topological polar surface area (TPSA) is 34.0 Å². The fourth-order valence-electron chi connectivity index (χ4n) is 4.01. The Labute approximate surface area is 166 Å². The summed E-state index contributed by atoms with van der Waals surface area (Å²) in [5.74, 6) is 0.133. The van der Waals surface area contributed by atoms with Gasteiger partial charge in [-0.1, -0.05) is 54.6 Å². The highest BCUT2D eigenvalue weighted by molar-refractivity contribution is 5.94. The van der Waals surface area contributed by atoms with Gasteiger partial charge in [-0.2, -0.15) is 0 Å². The van der Waals surface area contributed by atoms with Gasteiger partial charge in [-0.25, -0.2) is 0 Å². The molecule has 0 aromatic heterocycles. The summed E-state index contributed by atoms with van der Waals surface area (Å²) in [7, 11) is 1.68. The van der Waals surface area contributed by atoms with Crippen LogP contribution in [0.3, 0.4) is 0 Å². The van der Waals surface area contributed by atoms with Crippen molar-refractivity contribution in [3.05, 3.63) is 83.4 Å². The number of methoxy groups -OCH3 is 1. The fourth-order valence-corrected chi connectivity index (χ4v) is 4.01. The Morgan fingerprint density at radius 1 is 0.964 bits per heavy atom. The van der Waals surface area contributed by atoms with Crippen LogP contribution in [0, 0.1) is 0 Å². The lowest BCUT2D eigenvalue weighted by Gasteiger charge is -2.32. The normalized spacial score (nSPS) is 15.1. The number of amides is 1. The third-order valence-corrected chi connectivity index (χ3v) is 5.59. The van der Waals surface area contributed by atoms with Gasteiger partial charge in [0.1, 0.15) is 6.54 Å². The molecule has 3 aromatic rings. The Bertz CT molecular complexity index is 939. The second kappa shape index (κ2) is 8.55. The lowest BCUT2D eigenvalue weighted by Crippen LogP contribution is -3.13. The second-order valence-electron chi connectivity index (χ2n) is 7.49. The summed E-state index contributed by atoms with van der Waals surface area (Å²) in [5, 5.41) is 2.64. The van der Waals surface area contributed by atoms with Gasteiger partial charge in [0.2, 0.25) is 0 Å². The minimum Gasteiger partial charge on any atom is -0.380 e. The molecule has 28 heavy (non-hydrogen) atoms. The summed E-state index contributed by atoms with van der Waals surface area (Å²) >= 11 is 0. The molecule has 4 nitrogen and oxygen atoms in total. The Morgan fingerprint density at radius 2 is 1.68 bits per heavy atom. The zero-order valence-corrected chi connectivity index (χ0v) is 16.4. The van der Waals surface area contributed by atoms with Crippen LogP contribution >= 0.6 is 0 Å². The number of nitrogens with zero attached hydrogens (tertiary/aromatic N) is 1. The van der Waals surface area contributed by atoms with Crippen molar-refractivity contribution in [2.75, 3.05) is 33.3 Å². The summed E-state index contributed by atoms with van der Waals surface area (Å²) in [5.41, 5.74) is 3.24. The summed E-state index contributed by atoms with van der Waals surface area (Å²) in [6.07, 6.45) is 0. The number of fused-ring (bicyclic) bond motifs is 1. The van der Waals surface area contributed by atoms with Gasteiger partial charge in [0.15, 0.2) is 0 Å². The van der Waals surface area contributed by atoms with Crippen LogP contribution in [0.5, 0.6) is 0 Å². The van der Waals surface area contributed by atoms with E-state index in [1.807, 2.05) is 29.2 Å². The highest BCUT2D eigenvalue weighted by Crippen LogP contribution is 2.17. The minimum atomic E-state index is 0.133. The number of quaternary nitrogens is 1. The third-order valence-electron chi connectivity index (χ3n) is 5.59. The largest absolute Gasteiger partial charge is 0.380 e. The number of rotatable bonds is 5. The van der Waals surface area contributed by atoms with E-state index >= 15 is 0 Å². The summed E-state index contributed by atoms with van der Waals surface area (Å²) in [6, 6.07) is 22.9. The van der Waals surface area contributed by atoms with Crippen LogP contribution in [0.1, 0.15) is 21.5 Å². The van der Waals surface area contributed by atoms with Crippen molar-refractivity contribution in [1.29, 1.82) is 0 Å². The first-order valence-corrected chi connectivity index (χ1v) is 9.92. The molecular formula is C24H27N2O2+. The molecule has 3 aromatic carbocycles. The molecule has 0 atom stereocenters. The molecule has 4 heteroatoms. The zero-order chi connectivity index (χ0) is 19.3. The lowest BCUT2D eigenvalue weighted by molar-refractivity contribution is -0.917. The van der Waals surface area contributed by atoms with Gasteiger partial charge in [-0.3, -0.25) is 4.79 Å². The van der Waals surface area contributed by atoms with E-state index in [1.165, 1.54) is 21.2 Å². The average molecular weight is 375 g/mol. The van der Waals surface area contributed by atoms with E-state index < -0.39 is 0 Å². The van der Waals surface area contributed by atoms with E-state index in [0.717, 1.165) is 43.9 Å². The van der Waals surface area contributed by atoms with Crippen LogP contribution in [0.25, 0.3) is 10.8 Å². The van der Waals surface area contributed by atoms with Gasteiger partial charge >= 0.3 is 0 Å².